The third kappa shape index (κ3) is 4.82. The van der Waals surface area contributed by atoms with Crippen LogP contribution in [0.2, 0.25) is 0 Å². The van der Waals surface area contributed by atoms with Crippen molar-refractivity contribution in [2.75, 3.05) is 0 Å². The van der Waals surface area contributed by atoms with Gasteiger partial charge in [-0.15, -0.1) is 34.9 Å². The zero-order chi connectivity index (χ0) is 30.1. The van der Waals surface area contributed by atoms with Gasteiger partial charge < -0.3 is 4.98 Å². The van der Waals surface area contributed by atoms with Gasteiger partial charge in [0, 0.05) is 26.3 Å². The second-order valence-corrected chi connectivity index (χ2v) is 13.8. The summed E-state index contributed by atoms with van der Waals surface area (Å²) in [6.45, 7) is 9.56. The van der Waals surface area contributed by atoms with Gasteiger partial charge in [0.2, 0.25) is 0 Å². The van der Waals surface area contributed by atoms with Crippen LogP contribution in [0.25, 0.3) is 44.3 Å². The summed E-state index contributed by atoms with van der Waals surface area (Å²) < 4.78 is 0. The maximum Gasteiger partial charge on any atom is 0.0167 e. The summed E-state index contributed by atoms with van der Waals surface area (Å²) in [4.78, 5) is 4.97. The van der Waals surface area contributed by atoms with E-state index in [0.29, 0.717) is 0 Å². The average Bonchev–Trinajstić information content (AvgIpc) is 3.06. The minimum absolute atomic E-state index is 0. The molecule has 0 spiro atoms. The number of aryl methyl sites for hydroxylation is 2. The summed E-state index contributed by atoms with van der Waals surface area (Å²) in [5, 5.41) is 2.53. The molecule has 0 saturated heterocycles. The summed E-state index contributed by atoms with van der Waals surface area (Å²) in [6, 6.07) is 42.1. The van der Waals surface area contributed by atoms with Crippen LogP contribution in [0.15, 0.2) is 109 Å². The van der Waals surface area contributed by atoms with E-state index in [4.69, 9.17) is 4.98 Å². The Morgan fingerprint density at radius 3 is 1.73 bits per heavy atom. The molecule has 1 radical (unpaired) electrons. The zero-order valence-corrected chi connectivity index (χ0v) is 28.9. The Hall–Kier alpha value is -3.84. The molecule has 1 nitrogen and oxygen atoms in total. The molecular weight excluding hydrogens is 723 g/mol. The quantitative estimate of drug-likeness (QED) is 0.164. The van der Waals surface area contributed by atoms with Gasteiger partial charge in [-0.1, -0.05) is 107 Å². The van der Waals surface area contributed by atoms with Gasteiger partial charge in [-0.05, 0) is 110 Å². The molecule has 225 valence electrons. The number of aromatic nitrogens is 1. The normalized spacial score (nSPS) is 15.8. The second kappa shape index (κ2) is 11.2. The first-order chi connectivity index (χ1) is 21.3. The van der Waals surface area contributed by atoms with E-state index in [1.165, 1.54) is 92.1 Å². The Kier molecular flexibility index (Phi) is 7.43. The Morgan fingerprint density at radius 1 is 0.600 bits per heavy atom. The largest absolute Gasteiger partial charge is 0.304 e. The van der Waals surface area contributed by atoms with Crippen LogP contribution in [0, 0.1) is 6.07 Å². The zero-order valence-electron chi connectivity index (χ0n) is 26.5. The fourth-order valence-electron chi connectivity index (χ4n) is 7.92. The predicted molar refractivity (Wildman–Crippen MR) is 184 cm³/mol. The summed E-state index contributed by atoms with van der Waals surface area (Å²) in [7, 11) is 0. The maximum absolute atomic E-state index is 4.97. The van der Waals surface area contributed by atoms with Crippen LogP contribution >= 0.6 is 0 Å². The van der Waals surface area contributed by atoms with Crippen molar-refractivity contribution in [3.63, 3.8) is 0 Å². The minimum atomic E-state index is -0.202. The van der Waals surface area contributed by atoms with E-state index < -0.39 is 0 Å². The van der Waals surface area contributed by atoms with Crippen molar-refractivity contribution in [1.82, 2.24) is 4.98 Å². The standard InChI is InChI=1S/C43H38N.Ir/c1-42(2)37-20-19-33(41-36-24-31-18-12-11-17-30(31)23-32(36)21-22-44-41)25-38(37)43(3,4)40-27-35(29-15-9-6-10-16-29)34(26-39(40)42)28-13-7-5-8-14-28;/h5-10,13-16,20-27H,11-12,17-18H2,1-4H3;/q-1;. The number of fused-ring (bicyclic) bond motifs is 4. The Bertz CT molecular complexity index is 2050. The molecule has 0 amide bonds. The van der Waals surface area contributed by atoms with Gasteiger partial charge in [0.25, 0.3) is 0 Å². The van der Waals surface area contributed by atoms with Gasteiger partial charge >= 0.3 is 0 Å². The number of benzene rings is 5. The Balaban J connectivity index is 0.00000325. The van der Waals surface area contributed by atoms with Crippen LogP contribution in [-0.2, 0) is 43.8 Å². The Morgan fingerprint density at radius 2 is 1.13 bits per heavy atom. The third-order valence-electron chi connectivity index (χ3n) is 10.5. The molecule has 0 bridgehead atoms. The molecule has 0 atom stereocenters. The van der Waals surface area contributed by atoms with Gasteiger partial charge in [0.15, 0.2) is 0 Å². The van der Waals surface area contributed by atoms with Crippen LogP contribution in [0.1, 0.15) is 73.9 Å². The van der Waals surface area contributed by atoms with Crippen LogP contribution in [0.4, 0.5) is 0 Å². The Labute approximate surface area is 281 Å². The molecule has 6 aromatic rings. The van der Waals surface area contributed by atoms with E-state index in [1.807, 2.05) is 6.20 Å². The van der Waals surface area contributed by atoms with Crippen LogP contribution < -0.4 is 0 Å². The van der Waals surface area contributed by atoms with Crippen molar-refractivity contribution in [1.29, 1.82) is 0 Å². The second-order valence-electron chi connectivity index (χ2n) is 13.8. The number of hydrogen-bond donors (Lipinski definition) is 0. The van der Waals surface area contributed by atoms with E-state index in [1.54, 1.807) is 0 Å². The van der Waals surface area contributed by atoms with E-state index in [-0.39, 0.29) is 30.9 Å². The topological polar surface area (TPSA) is 12.9 Å². The molecule has 2 heteroatoms. The van der Waals surface area contributed by atoms with Crippen molar-refractivity contribution in [3.8, 4) is 33.5 Å². The monoisotopic (exact) mass is 761 g/mol. The molecular formula is C43H38IrN-. The molecule has 0 unspecified atom stereocenters. The molecule has 1 heterocycles. The smallest absolute Gasteiger partial charge is 0.0167 e. The third-order valence-corrected chi connectivity index (χ3v) is 10.5. The first-order valence-electron chi connectivity index (χ1n) is 16.1. The summed E-state index contributed by atoms with van der Waals surface area (Å²) in [6.07, 6.45) is 6.90. The number of nitrogens with zero attached hydrogens (tertiary/aromatic N) is 1. The number of rotatable bonds is 3. The number of pyridine rings is 1. The van der Waals surface area contributed by atoms with E-state index in [0.717, 1.165) is 11.3 Å². The van der Waals surface area contributed by atoms with Crippen LogP contribution in [0.3, 0.4) is 0 Å². The van der Waals surface area contributed by atoms with Gasteiger partial charge in [-0.3, -0.25) is 0 Å². The molecule has 0 aliphatic heterocycles. The molecule has 2 aliphatic rings. The SMILES string of the molecule is CC1(C)c2c[c-]c(-c3nccc4cc5c(cc34)CCCC5)cc2C(C)(C)c2cc(-c3ccccc3)c(-c3ccccc3)cc21.[Ir]. The number of hydrogen-bond acceptors (Lipinski definition) is 1. The van der Waals surface area contributed by atoms with E-state index in [9.17, 15) is 0 Å². The first kappa shape index (κ1) is 29.8. The van der Waals surface area contributed by atoms with Crippen molar-refractivity contribution in [2.24, 2.45) is 0 Å². The fourth-order valence-corrected chi connectivity index (χ4v) is 7.92. The molecule has 2 aliphatic carbocycles. The molecule has 5 aromatic carbocycles. The van der Waals surface area contributed by atoms with Gasteiger partial charge in [-0.2, -0.15) is 0 Å². The molecule has 0 fully saturated rings. The predicted octanol–water partition coefficient (Wildman–Crippen LogP) is 10.9. The van der Waals surface area contributed by atoms with Gasteiger partial charge in [0.05, 0.1) is 0 Å². The maximum atomic E-state index is 4.97. The van der Waals surface area contributed by atoms with Gasteiger partial charge in [-0.25, -0.2) is 0 Å². The average molecular weight is 761 g/mol. The van der Waals surface area contributed by atoms with E-state index >= 15 is 0 Å². The molecule has 8 rings (SSSR count). The van der Waals surface area contributed by atoms with E-state index in [2.05, 4.69) is 137 Å². The summed E-state index contributed by atoms with van der Waals surface area (Å²) >= 11 is 0. The summed E-state index contributed by atoms with van der Waals surface area (Å²) in [5.41, 5.74) is 15.3. The van der Waals surface area contributed by atoms with Crippen LogP contribution in [-0.4, -0.2) is 4.98 Å². The minimum Gasteiger partial charge on any atom is -0.304 e. The molecule has 45 heavy (non-hydrogen) atoms. The van der Waals surface area contributed by atoms with Gasteiger partial charge in [0.1, 0.15) is 0 Å². The van der Waals surface area contributed by atoms with Crippen molar-refractivity contribution < 1.29 is 20.1 Å². The van der Waals surface area contributed by atoms with Crippen LogP contribution in [0.5, 0.6) is 0 Å². The van der Waals surface area contributed by atoms with Crippen molar-refractivity contribution in [2.45, 2.75) is 64.2 Å². The summed E-state index contributed by atoms with van der Waals surface area (Å²) in [5.74, 6) is 0. The molecule has 0 saturated carbocycles. The van der Waals surface area contributed by atoms with Crippen molar-refractivity contribution in [3.05, 3.63) is 149 Å². The molecule has 0 N–H and O–H groups in total. The van der Waals surface area contributed by atoms with Crippen molar-refractivity contribution >= 4 is 10.8 Å². The molecule has 1 aromatic heterocycles. The first-order valence-corrected chi connectivity index (χ1v) is 16.1. The fraction of sp³-hybridized carbons (Fsp3) is 0.233.